The monoisotopic (exact) mass is 761 g/mol. The number of aromatic hydroxyl groups is 3. The van der Waals surface area contributed by atoms with Crippen molar-refractivity contribution in [2.24, 2.45) is 0 Å². The molecular weight excluding hydrogens is 714 g/mol. The molecule has 0 bridgehead atoms. The number of likely N-dealkylation sites (N-methyl/N-ethyl adjacent to an activating group) is 1. The summed E-state index contributed by atoms with van der Waals surface area (Å²) in [4.78, 5) is 86.1. The highest BCUT2D eigenvalue weighted by Gasteiger charge is 2.16. The van der Waals surface area contributed by atoms with E-state index < -0.39 is 16.7 Å². The molecule has 0 aliphatic carbocycles. The molecule has 3 N–H and O–H groups in total. The second kappa shape index (κ2) is 20.9. The van der Waals surface area contributed by atoms with Crippen LogP contribution in [-0.4, -0.2) is 109 Å². The van der Waals surface area contributed by atoms with Crippen LogP contribution in [0, 0.1) is 0 Å². The van der Waals surface area contributed by atoms with Crippen molar-refractivity contribution in [3.05, 3.63) is 115 Å². The van der Waals surface area contributed by atoms with Crippen LogP contribution in [0.5, 0.6) is 23.0 Å². The van der Waals surface area contributed by atoms with Crippen LogP contribution in [0.15, 0.2) is 87.6 Å². The number of hydrogen-bond acceptors (Lipinski definition) is 13. The van der Waals surface area contributed by atoms with Gasteiger partial charge in [-0.25, -0.2) is 0 Å². The van der Waals surface area contributed by atoms with E-state index in [9.17, 15) is 48.9 Å². The largest absolute Gasteiger partial charge is 0.503 e. The number of rotatable bonds is 19. The zero-order chi connectivity index (χ0) is 40.7. The van der Waals surface area contributed by atoms with Crippen LogP contribution < -0.4 is 21.4 Å². The topological polar surface area (TPSA) is 211 Å². The fourth-order valence-corrected chi connectivity index (χ4v) is 5.33. The molecular formula is C39H47N5O11. The van der Waals surface area contributed by atoms with Crippen molar-refractivity contribution in [2.75, 3.05) is 46.9 Å². The fraction of sp³-hybridized carbons (Fsp3) is 0.359. The van der Waals surface area contributed by atoms with Gasteiger partial charge in [0, 0.05) is 82.1 Å². The fourth-order valence-electron chi connectivity index (χ4n) is 5.33. The third-order valence-corrected chi connectivity index (χ3v) is 8.44. The number of ketones is 4. The molecule has 0 radical (unpaired) electrons. The molecule has 0 atom stereocenters. The van der Waals surface area contributed by atoms with Crippen LogP contribution in [0.2, 0.25) is 0 Å². The number of carbonyl (C=O) groups is 4. The number of Topliss-reactive ketones (excluding diaryl/α,β-unsaturated/α-hetero) is 4. The molecule has 4 aromatic rings. The van der Waals surface area contributed by atoms with Gasteiger partial charge >= 0.3 is 0 Å². The maximum Gasteiger partial charge on any atom is 0.292 e. The summed E-state index contributed by atoms with van der Waals surface area (Å²) in [6.45, 7) is 6.60. The molecule has 16 nitrogen and oxygen atoms in total. The van der Waals surface area contributed by atoms with Gasteiger partial charge in [0.1, 0.15) is 17.3 Å². The first-order valence-corrected chi connectivity index (χ1v) is 17.4. The van der Waals surface area contributed by atoms with E-state index in [1.807, 2.05) is 11.9 Å². The molecule has 0 aliphatic rings. The maximum absolute atomic E-state index is 12.1. The Bertz CT molecular complexity index is 2050. The van der Waals surface area contributed by atoms with E-state index in [4.69, 9.17) is 4.74 Å². The summed E-state index contributed by atoms with van der Waals surface area (Å²) in [5, 5.41) is 29.0. The number of pyridine rings is 3. The lowest BCUT2D eigenvalue weighted by molar-refractivity contribution is -0.117. The van der Waals surface area contributed by atoms with Crippen molar-refractivity contribution in [2.45, 2.75) is 46.3 Å². The quantitative estimate of drug-likeness (QED) is 0.0923. The van der Waals surface area contributed by atoms with Gasteiger partial charge in [0.15, 0.2) is 28.8 Å². The van der Waals surface area contributed by atoms with Gasteiger partial charge in [-0.3, -0.25) is 38.5 Å². The van der Waals surface area contributed by atoms with Crippen LogP contribution in [0.1, 0.15) is 47.4 Å². The molecule has 0 amide bonds. The summed E-state index contributed by atoms with van der Waals surface area (Å²) in [6, 6.07) is 13.2. The lowest BCUT2D eigenvalue weighted by Crippen LogP contribution is -2.40. The number of carbonyl (C=O) groups excluding carboxylic acids is 4. The van der Waals surface area contributed by atoms with Gasteiger partial charge in [0.05, 0.1) is 20.0 Å². The molecule has 4 rings (SSSR count). The van der Waals surface area contributed by atoms with Gasteiger partial charge < -0.3 is 38.7 Å². The van der Waals surface area contributed by atoms with Crippen molar-refractivity contribution >= 4 is 23.1 Å². The van der Waals surface area contributed by atoms with Crippen LogP contribution in [0.25, 0.3) is 0 Å². The predicted octanol–water partition coefficient (Wildman–Crippen LogP) is 1.94. The van der Waals surface area contributed by atoms with Crippen molar-refractivity contribution < 1.29 is 39.2 Å². The van der Waals surface area contributed by atoms with Gasteiger partial charge in [-0.2, -0.15) is 0 Å². The Morgan fingerprint density at radius 1 is 0.600 bits per heavy atom. The summed E-state index contributed by atoms with van der Waals surface area (Å²) >= 11 is 0. The molecule has 3 aromatic heterocycles. The van der Waals surface area contributed by atoms with Crippen LogP contribution in [0.3, 0.4) is 0 Å². The second-order valence-corrected chi connectivity index (χ2v) is 12.9. The van der Waals surface area contributed by atoms with Crippen molar-refractivity contribution in [1.82, 2.24) is 23.5 Å². The summed E-state index contributed by atoms with van der Waals surface area (Å²) in [6.07, 6.45) is 4.39. The second-order valence-electron chi connectivity index (χ2n) is 12.9. The van der Waals surface area contributed by atoms with E-state index in [1.54, 1.807) is 36.8 Å². The third-order valence-electron chi connectivity index (χ3n) is 8.44. The Morgan fingerprint density at radius 3 is 1.35 bits per heavy atom. The number of methoxy groups -OCH3 is 1. The van der Waals surface area contributed by atoms with Crippen molar-refractivity contribution in [3.8, 4) is 23.0 Å². The lowest BCUT2D eigenvalue weighted by atomic mass is 9.99. The Balaban J connectivity index is 0.000000345. The van der Waals surface area contributed by atoms with Crippen LogP contribution in [-0.2, 0) is 29.2 Å². The van der Waals surface area contributed by atoms with Crippen LogP contribution >= 0.6 is 0 Å². The van der Waals surface area contributed by atoms with Crippen molar-refractivity contribution in [3.63, 3.8) is 0 Å². The Labute approximate surface area is 317 Å². The molecule has 294 valence electrons. The minimum absolute atomic E-state index is 0.228. The molecule has 3 heterocycles. The van der Waals surface area contributed by atoms with Crippen LogP contribution in [0.4, 0.5) is 0 Å². The summed E-state index contributed by atoms with van der Waals surface area (Å²) in [5.74, 6) is -1.85. The standard InChI is InChI=1S/C24H31N5O6.C15H16O5/c1-25(12-16-27-8-2-5-19(30)22(27)33)11-13-26(14-17-28-9-3-6-20(31)23(28)34)15-18-29-10-4-7-21(32)24(29)35;1-9(16)4-14(18)11-6-12(8-13(7-11)20-3)15(19)5-10(2)17/h2-10,30-32H,11-18H2,1H3;6-8H,4-5H2,1-3H3. The minimum atomic E-state index is -0.467. The molecule has 0 spiro atoms. The number of hydrogen-bond donors (Lipinski definition) is 3. The first-order chi connectivity index (χ1) is 26.1. The molecule has 55 heavy (non-hydrogen) atoms. The first-order valence-electron chi connectivity index (χ1n) is 17.4. The zero-order valence-corrected chi connectivity index (χ0v) is 31.3. The number of ether oxygens (including phenoxy) is 1. The molecule has 0 saturated heterocycles. The van der Waals surface area contributed by atoms with E-state index >= 15 is 0 Å². The summed E-state index contributed by atoms with van der Waals surface area (Å²) < 4.78 is 9.34. The van der Waals surface area contributed by atoms with E-state index in [-0.39, 0.29) is 64.4 Å². The highest BCUT2D eigenvalue weighted by molar-refractivity contribution is 6.11. The van der Waals surface area contributed by atoms with E-state index in [0.717, 1.165) is 0 Å². The number of aromatic nitrogens is 3. The smallest absolute Gasteiger partial charge is 0.292 e. The van der Waals surface area contributed by atoms with E-state index in [2.05, 4.69) is 4.90 Å². The third kappa shape index (κ3) is 13.7. The lowest BCUT2D eigenvalue weighted by Gasteiger charge is -2.26. The average Bonchev–Trinajstić information content (AvgIpc) is 3.14. The van der Waals surface area contributed by atoms with Gasteiger partial charge in [0.2, 0.25) is 0 Å². The molecule has 16 heteroatoms. The Morgan fingerprint density at radius 2 is 0.982 bits per heavy atom. The molecule has 0 fully saturated rings. The number of benzene rings is 1. The molecule has 0 aliphatic heterocycles. The van der Waals surface area contributed by atoms with E-state index in [1.165, 1.54) is 71.1 Å². The summed E-state index contributed by atoms with van der Waals surface area (Å²) in [5.41, 5.74) is -0.913. The molecule has 0 saturated carbocycles. The van der Waals surface area contributed by atoms with Gasteiger partial charge in [0.25, 0.3) is 16.7 Å². The normalized spacial score (nSPS) is 10.9. The first kappa shape index (κ1) is 43.3. The molecule has 0 unspecified atom stereocenters. The zero-order valence-electron chi connectivity index (χ0n) is 31.3. The SMILES string of the molecule is CN(CCN(CCn1cccc(O)c1=O)CCn1cccc(O)c1=O)CCn1cccc(O)c1=O.COc1cc(C(=O)CC(C)=O)cc(C(=O)CC(C)=O)c1. The minimum Gasteiger partial charge on any atom is -0.503 e. The predicted molar refractivity (Wildman–Crippen MR) is 203 cm³/mol. The molecule has 1 aromatic carbocycles. The highest BCUT2D eigenvalue weighted by Crippen LogP contribution is 2.20. The van der Waals surface area contributed by atoms with E-state index in [0.29, 0.717) is 58.1 Å². The van der Waals surface area contributed by atoms with Gasteiger partial charge in [-0.05, 0) is 75.5 Å². The number of nitrogens with zero attached hydrogens (tertiary/aromatic N) is 5. The average molecular weight is 762 g/mol. The van der Waals surface area contributed by atoms with Crippen molar-refractivity contribution in [1.29, 1.82) is 0 Å². The Kier molecular flexibility index (Phi) is 16.5. The van der Waals surface area contributed by atoms with Gasteiger partial charge in [-0.15, -0.1) is 0 Å². The highest BCUT2D eigenvalue weighted by atomic mass is 16.5. The maximum atomic E-state index is 12.1. The Hall–Kier alpha value is -6.13. The summed E-state index contributed by atoms with van der Waals surface area (Å²) in [7, 11) is 3.33. The van der Waals surface area contributed by atoms with Gasteiger partial charge in [-0.1, -0.05) is 0 Å².